The highest BCUT2D eigenvalue weighted by molar-refractivity contribution is 7.15. The largest absolute Gasteiger partial charge is 0.464 e. The summed E-state index contributed by atoms with van der Waals surface area (Å²) in [4.78, 5) is 11.3. The molecule has 14 heavy (non-hydrogen) atoms. The van der Waals surface area contributed by atoms with E-state index in [-0.39, 0.29) is 0 Å². The van der Waals surface area contributed by atoms with E-state index in [1.165, 1.54) is 18.6 Å². The van der Waals surface area contributed by atoms with E-state index in [2.05, 4.69) is 9.11 Å². The maximum Gasteiger partial charge on any atom is 0.358 e. The first-order chi connectivity index (χ1) is 6.74. The lowest BCUT2D eigenvalue weighted by molar-refractivity contribution is 0.0598. The summed E-state index contributed by atoms with van der Waals surface area (Å²) in [5.74, 6) is -0.429. The molecular weight excluding hydrogens is 197 g/mol. The zero-order chi connectivity index (χ0) is 10.1. The van der Waals surface area contributed by atoms with Crippen LogP contribution in [-0.2, 0) is 4.74 Å². The first kappa shape index (κ1) is 9.21. The molecule has 0 bridgehead atoms. The summed E-state index contributed by atoms with van der Waals surface area (Å²) in [7, 11) is 7.06. The van der Waals surface area contributed by atoms with Crippen molar-refractivity contribution in [3.8, 4) is 0 Å². The summed E-state index contributed by atoms with van der Waals surface area (Å²) in [5, 5.41) is 0.752. The van der Waals surface area contributed by atoms with Crippen LogP contribution in [0.1, 0.15) is 10.5 Å². The highest BCUT2D eigenvalue weighted by atomic mass is 32.1. The van der Waals surface area contributed by atoms with Gasteiger partial charge in [0.1, 0.15) is 7.85 Å². The number of fused-ring (bicyclic) bond motifs is 1. The van der Waals surface area contributed by atoms with Gasteiger partial charge in [-0.25, -0.2) is 4.79 Å². The van der Waals surface area contributed by atoms with E-state index < -0.39 is 5.97 Å². The number of methoxy groups -OCH3 is 1. The topological polar surface area (TPSA) is 39.2 Å². The number of rotatable bonds is 1. The third-order valence-electron chi connectivity index (χ3n) is 1.91. The zero-order valence-corrected chi connectivity index (χ0v) is 8.30. The van der Waals surface area contributed by atoms with Gasteiger partial charge in [0.25, 0.3) is 0 Å². The molecule has 0 aliphatic carbocycles. The van der Waals surface area contributed by atoms with Crippen LogP contribution in [-0.4, -0.2) is 25.3 Å². The zero-order valence-electron chi connectivity index (χ0n) is 7.48. The molecule has 2 radical (unpaired) electrons. The maximum atomic E-state index is 11.3. The second-order valence-corrected chi connectivity index (χ2v) is 3.52. The standard InChI is InChI=1S/C9H6BNO2S/c1-13-9(12)7-5-3-2-4-6(10)8(5)14-11-7/h2-4H,1H3. The fourth-order valence-electron chi connectivity index (χ4n) is 1.23. The van der Waals surface area contributed by atoms with Crippen molar-refractivity contribution in [2.75, 3.05) is 7.11 Å². The van der Waals surface area contributed by atoms with Crippen molar-refractivity contribution in [1.82, 2.24) is 4.37 Å². The van der Waals surface area contributed by atoms with Crippen LogP contribution in [0.5, 0.6) is 0 Å². The number of carbonyl (C=O) groups is 1. The van der Waals surface area contributed by atoms with E-state index in [1.54, 1.807) is 18.2 Å². The Balaban J connectivity index is 2.70. The Morgan fingerprint density at radius 1 is 1.57 bits per heavy atom. The molecule has 0 aliphatic rings. The average molecular weight is 203 g/mol. The average Bonchev–Trinajstić information content (AvgIpc) is 2.62. The molecule has 0 unspecified atom stereocenters. The summed E-state index contributed by atoms with van der Waals surface area (Å²) in [5.41, 5.74) is 0.968. The Morgan fingerprint density at radius 2 is 2.36 bits per heavy atom. The summed E-state index contributed by atoms with van der Waals surface area (Å²) < 4.78 is 9.45. The van der Waals surface area contributed by atoms with Gasteiger partial charge in [-0.2, -0.15) is 4.37 Å². The van der Waals surface area contributed by atoms with Crippen LogP contribution < -0.4 is 5.46 Å². The van der Waals surface area contributed by atoms with Gasteiger partial charge in [0.15, 0.2) is 5.69 Å². The second-order valence-electron chi connectivity index (χ2n) is 2.75. The van der Waals surface area contributed by atoms with Crippen LogP contribution in [0.25, 0.3) is 10.1 Å². The second kappa shape index (κ2) is 3.42. The third kappa shape index (κ3) is 1.30. The summed E-state index contributed by atoms with van der Waals surface area (Å²) in [6.07, 6.45) is 0. The van der Waals surface area contributed by atoms with Crippen molar-refractivity contribution < 1.29 is 9.53 Å². The number of nitrogens with zero attached hydrogens (tertiary/aromatic N) is 1. The Kier molecular flexibility index (Phi) is 2.25. The van der Waals surface area contributed by atoms with E-state index >= 15 is 0 Å². The van der Waals surface area contributed by atoms with Crippen molar-refractivity contribution in [2.24, 2.45) is 0 Å². The van der Waals surface area contributed by atoms with Crippen LogP contribution >= 0.6 is 11.5 Å². The minimum atomic E-state index is -0.429. The van der Waals surface area contributed by atoms with Crippen molar-refractivity contribution in [3.05, 3.63) is 23.9 Å². The maximum absolute atomic E-state index is 11.3. The highest BCUT2D eigenvalue weighted by Gasteiger charge is 2.14. The first-order valence-electron chi connectivity index (χ1n) is 3.96. The summed E-state index contributed by atoms with van der Waals surface area (Å²) in [6, 6.07) is 5.38. The van der Waals surface area contributed by atoms with E-state index in [4.69, 9.17) is 7.85 Å². The molecule has 2 aromatic rings. The van der Waals surface area contributed by atoms with Gasteiger partial charge < -0.3 is 4.74 Å². The normalized spacial score (nSPS) is 10.4. The molecule has 2 rings (SSSR count). The Bertz CT molecular complexity index is 495. The van der Waals surface area contributed by atoms with Crippen molar-refractivity contribution >= 4 is 40.9 Å². The van der Waals surface area contributed by atoms with Crippen LogP contribution in [0.3, 0.4) is 0 Å². The molecule has 5 heteroatoms. The number of ether oxygens (including phenoxy) is 1. The number of esters is 1. The molecule has 0 amide bonds. The van der Waals surface area contributed by atoms with Gasteiger partial charge in [0, 0.05) is 10.1 Å². The highest BCUT2D eigenvalue weighted by Crippen LogP contribution is 2.20. The molecule has 0 saturated heterocycles. The molecule has 0 N–H and O–H groups in total. The third-order valence-corrected chi connectivity index (χ3v) is 2.82. The molecule has 0 fully saturated rings. The van der Waals surface area contributed by atoms with Crippen LogP contribution in [0.2, 0.25) is 0 Å². The molecule has 68 valence electrons. The Labute approximate surface area is 86.3 Å². The molecule has 0 spiro atoms. The number of hydrogen-bond acceptors (Lipinski definition) is 4. The summed E-state index contributed by atoms with van der Waals surface area (Å²) in [6.45, 7) is 0. The van der Waals surface area contributed by atoms with Gasteiger partial charge in [0.05, 0.1) is 7.11 Å². The van der Waals surface area contributed by atoms with Crippen LogP contribution in [0.15, 0.2) is 18.2 Å². The minimum Gasteiger partial charge on any atom is -0.464 e. The number of hydrogen-bond donors (Lipinski definition) is 0. The lowest BCUT2D eigenvalue weighted by Gasteiger charge is -1.96. The number of carbonyl (C=O) groups excluding carboxylic acids is 1. The molecule has 0 aliphatic heterocycles. The fraction of sp³-hybridized carbons (Fsp3) is 0.111. The molecule has 3 nitrogen and oxygen atoms in total. The summed E-state index contributed by atoms with van der Waals surface area (Å²) >= 11 is 1.21. The number of aromatic nitrogens is 1. The van der Waals surface area contributed by atoms with Gasteiger partial charge in [-0.3, -0.25) is 0 Å². The predicted octanol–water partition coefficient (Wildman–Crippen LogP) is 0.877. The molecular formula is C9H6BNO2S. The van der Waals surface area contributed by atoms with E-state index in [9.17, 15) is 4.79 Å². The van der Waals surface area contributed by atoms with Gasteiger partial charge in [0.2, 0.25) is 0 Å². The smallest absolute Gasteiger partial charge is 0.358 e. The quantitative estimate of drug-likeness (QED) is 0.510. The van der Waals surface area contributed by atoms with E-state index in [1.807, 2.05) is 0 Å². The SMILES string of the molecule is [B]c1cccc2c(C(=O)OC)nsc12. The molecule has 0 saturated carbocycles. The van der Waals surface area contributed by atoms with Crippen molar-refractivity contribution in [3.63, 3.8) is 0 Å². The van der Waals surface area contributed by atoms with Gasteiger partial charge >= 0.3 is 5.97 Å². The van der Waals surface area contributed by atoms with Gasteiger partial charge in [-0.05, 0) is 11.5 Å². The molecule has 0 atom stereocenters. The van der Waals surface area contributed by atoms with E-state index in [0.29, 0.717) is 11.2 Å². The molecule has 1 heterocycles. The fourth-order valence-corrected chi connectivity index (χ4v) is 2.02. The lowest BCUT2D eigenvalue weighted by Crippen LogP contribution is -2.04. The monoisotopic (exact) mass is 203 g/mol. The number of benzene rings is 1. The molecule has 1 aromatic heterocycles. The van der Waals surface area contributed by atoms with Crippen molar-refractivity contribution in [2.45, 2.75) is 0 Å². The van der Waals surface area contributed by atoms with Crippen LogP contribution in [0, 0.1) is 0 Å². The lowest BCUT2D eigenvalue weighted by atomic mass is 9.95. The first-order valence-corrected chi connectivity index (χ1v) is 4.73. The predicted molar refractivity (Wildman–Crippen MR) is 56.3 cm³/mol. The Morgan fingerprint density at radius 3 is 3.07 bits per heavy atom. The van der Waals surface area contributed by atoms with Crippen molar-refractivity contribution in [1.29, 1.82) is 0 Å². The van der Waals surface area contributed by atoms with Crippen LogP contribution in [0.4, 0.5) is 0 Å². The Hall–Kier alpha value is -1.36. The molecule has 1 aromatic carbocycles. The van der Waals surface area contributed by atoms with Gasteiger partial charge in [-0.1, -0.05) is 23.7 Å². The van der Waals surface area contributed by atoms with E-state index in [0.717, 1.165) is 10.1 Å². The van der Waals surface area contributed by atoms with Gasteiger partial charge in [-0.15, -0.1) is 0 Å². The minimum absolute atomic E-state index is 0.333.